The maximum Gasteiger partial charge on any atom is 0.0584 e. The number of aliphatic hydroxyl groups is 1. The molecule has 0 spiro atoms. The van der Waals surface area contributed by atoms with Crippen molar-refractivity contribution in [2.45, 2.75) is 13.0 Å². The van der Waals surface area contributed by atoms with E-state index in [1.165, 1.54) is 6.20 Å². The van der Waals surface area contributed by atoms with Crippen molar-refractivity contribution in [3.8, 4) is 0 Å². The Labute approximate surface area is 128 Å². The second-order valence-electron chi connectivity index (χ2n) is 4.19. The van der Waals surface area contributed by atoms with Crippen LogP contribution in [-0.4, -0.2) is 66.5 Å². The fraction of sp³-hybridized carbons (Fsp3) is 0.727. The molecule has 1 rings (SSSR count). The standard InChI is InChI=1S/C11H20N4O.Y/c1-10(9-16)15-4-2-14(3-5-15)8-11(6-12)7-13;/h6-7,10,12,16H,2-5,8-9H2,1H3;/q-2;/b11-6+;. The second-order valence-corrected chi connectivity index (χ2v) is 4.19. The molecule has 6 heteroatoms. The third kappa shape index (κ3) is 5.57. The molecule has 1 heterocycles. The van der Waals surface area contributed by atoms with Crippen molar-refractivity contribution >= 4 is 6.21 Å². The van der Waals surface area contributed by atoms with Gasteiger partial charge in [-0.05, 0) is 6.92 Å². The topological polar surface area (TPSA) is 72.8 Å². The fourth-order valence-electron chi connectivity index (χ4n) is 1.86. The first-order valence-corrected chi connectivity index (χ1v) is 5.62. The van der Waals surface area contributed by atoms with Gasteiger partial charge in [0, 0.05) is 71.5 Å². The van der Waals surface area contributed by atoms with Crippen LogP contribution in [0.4, 0.5) is 0 Å². The van der Waals surface area contributed by atoms with Gasteiger partial charge in [0.05, 0.1) is 6.61 Å². The molecule has 0 bridgehead atoms. The molecule has 95 valence electrons. The number of hydrogen-bond acceptors (Lipinski definition) is 3. The zero-order valence-electron chi connectivity index (χ0n) is 10.3. The van der Waals surface area contributed by atoms with E-state index in [0.29, 0.717) is 12.1 Å². The van der Waals surface area contributed by atoms with Crippen LogP contribution in [0.25, 0.3) is 11.1 Å². The summed E-state index contributed by atoms with van der Waals surface area (Å²) in [5, 5.41) is 17.9. The predicted octanol–water partition coefficient (Wildman–Crippen LogP) is 0.559. The van der Waals surface area contributed by atoms with Gasteiger partial charge < -0.3 is 16.2 Å². The van der Waals surface area contributed by atoms with Crippen LogP contribution < -0.4 is 0 Å². The van der Waals surface area contributed by atoms with Gasteiger partial charge in [0.15, 0.2) is 0 Å². The van der Waals surface area contributed by atoms with Gasteiger partial charge in [0.1, 0.15) is 0 Å². The van der Waals surface area contributed by atoms with E-state index in [9.17, 15) is 0 Å². The van der Waals surface area contributed by atoms with Gasteiger partial charge in [-0.15, -0.1) is 0 Å². The molecule has 1 saturated heterocycles. The van der Waals surface area contributed by atoms with Gasteiger partial charge >= 0.3 is 0 Å². The van der Waals surface area contributed by atoms with Crippen LogP contribution in [0.3, 0.4) is 0 Å². The molecule has 5 nitrogen and oxygen atoms in total. The Balaban J connectivity index is 0.00000256. The van der Waals surface area contributed by atoms with E-state index in [2.05, 4.69) is 9.80 Å². The summed E-state index contributed by atoms with van der Waals surface area (Å²) in [6, 6.07) is 0.220. The number of aliphatic hydroxyl groups excluding tert-OH is 1. The quantitative estimate of drug-likeness (QED) is 0.754. The minimum Gasteiger partial charge on any atom is -0.810 e. The molecule has 0 amide bonds. The Morgan fingerprint density at radius 3 is 2.41 bits per heavy atom. The van der Waals surface area contributed by atoms with Crippen molar-refractivity contribution < 1.29 is 37.8 Å². The molecule has 17 heavy (non-hydrogen) atoms. The van der Waals surface area contributed by atoms with Crippen LogP contribution in [-0.2, 0) is 32.7 Å². The van der Waals surface area contributed by atoms with E-state index < -0.39 is 0 Å². The zero-order valence-corrected chi connectivity index (χ0v) is 13.2. The Morgan fingerprint density at radius 1 is 1.41 bits per heavy atom. The van der Waals surface area contributed by atoms with Gasteiger partial charge in [-0.1, -0.05) is 5.57 Å². The van der Waals surface area contributed by atoms with Crippen LogP contribution >= 0.6 is 0 Å². The average molecular weight is 313 g/mol. The van der Waals surface area contributed by atoms with Crippen LogP contribution in [0.15, 0.2) is 11.8 Å². The second kappa shape index (κ2) is 9.17. The molecule has 0 saturated carbocycles. The third-order valence-electron chi connectivity index (χ3n) is 3.05. The van der Waals surface area contributed by atoms with Crippen molar-refractivity contribution in [2.75, 3.05) is 39.3 Å². The molecule has 0 aromatic heterocycles. The van der Waals surface area contributed by atoms with E-state index in [1.807, 2.05) is 6.92 Å². The monoisotopic (exact) mass is 313 g/mol. The molecular weight excluding hydrogens is 293 g/mol. The van der Waals surface area contributed by atoms with Gasteiger partial charge in [0.2, 0.25) is 0 Å². The average Bonchev–Trinajstić information content (AvgIpc) is 2.35. The Morgan fingerprint density at radius 2 is 2.00 bits per heavy atom. The molecule has 0 aliphatic carbocycles. The van der Waals surface area contributed by atoms with Crippen LogP contribution in [0, 0.1) is 0 Å². The molecule has 0 aromatic rings. The van der Waals surface area contributed by atoms with Crippen molar-refractivity contribution in [1.29, 1.82) is 0 Å². The number of nitrogens with zero attached hydrogens (tertiary/aromatic N) is 3. The largest absolute Gasteiger partial charge is 0.810 e. The van der Waals surface area contributed by atoms with E-state index >= 15 is 0 Å². The first-order chi connectivity index (χ1) is 7.71. The molecule has 2 N–H and O–H groups in total. The maximum absolute atomic E-state index is 9.05. The summed E-state index contributed by atoms with van der Waals surface area (Å²) in [6.45, 7) is 6.53. The SMILES string of the molecule is CC(CO)N1CCN(C/C(C=[N-])=C/[NH-])CC1.[Y]. The Bertz CT molecular complexity index is 252. The Hall–Kier alpha value is 0.194. The van der Waals surface area contributed by atoms with Crippen molar-refractivity contribution in [1.82, 2.24) is 9.80 Å². The number of piperazine rings is 1. The third-order valence-corrected chi connectivity index (χ3v) is 3.05. The molecule has 1 aliphatic heterocycles. The van der Waals surface area contributed by atoms with Gasteiger partial charge in [0.25, 0.3) is 0 Å². The molecule has 1 unspecified atom stereocenters. The number of rotatable bonds is 5. The fourth-order valence-corrected chi connectivity index (χ4v) is 1.86. The van der Waals surface area contributed by atoms with Gasteiger partial charge in [-0.3, -0.25) is 9.80 Å². The van der Waals surface area contributed by atoms with E-state index in [1.54, 1.807) is 0 Å². The van der Waals surface area contributed by atoms with Crippen molar-refractivity contribution in [2.24, 2.45) is 0 Å². The first-order valence-electron chi connectivity index (χ1n) is 5.62. The smallest absolute Gasteiger partial charge is 0.0584 e. The summed E-state index contributed by atoms with van der Waals surface area (Å²) >= 11 is 0. The summed E-state index contributed by atoms with van der Waals surface area (Å²) in [4.78, 5) is 4.46. The summed E-state index contributed by atoms with van der Waals surface area (Å²) in [5.41, 5.74) is 7.72. The minimum atomic E-state index is 0. The van der Waals surface area contributed by atoms with Crippen molar-refractivity contribution in [3.05, 3.63) is 22.9 Å². The van der Waals surface area contributed by atoms with Gasteiger partial charge in [-0.25, -0.2) is 0 Å². The molecule has 1 radical (unpaired) electrons. The van der Waals surface area contributed by atoms with Crippen molar-refractivity contribution in [3.63, 3.8) is 0 Å². The van der Waals surface area contributed by atoms with E-state index in [-0.39, 0.29) is 45.4 Å². The molecule has 0 aromatic carbocycles. The van der Waals surface area contributed by atoms with Crippen LogP contribution in [0.2, 0.25) is 0 Å². The maximum atomic E-state index is 9.05. The van der Waals surface area contributed by atoms with E-state index in [4.69, 9.17) is 16.2 Å². The number of hydrogen-bond donors (Lipinski definition) is 1. The minimum absolute atomic E-state index is 0. The Kier molecular flexibility index (Phi) is 9.27. The number of nitrogens with one attached hydrogen (secondary N) is 1. The summed E-state index contributed by atoms with van der Waals surface area (Å²) in [6.07, 6.45) is 2.18. The molecule has 1 atom stereocenters. The summed E-state index contributed by atoms with van der Waals surface area (Å²) < 4.78 is 0. The van der Waals surface area contributed by atoms with Crippen LogP contribution in [0.1, 0.15) is 6.92 Å². The summed E-state index contributed by atoms with van der Waals surface area (Å²) in [7, 11) is 0. The molecular formula is C11H20N4OY-2. The summed E-state index contributed by atoms with van der Waals surface area (Å²) in [5.74, 6) is 0. The normalized spacial score (nSPS) is 20.7. The molecule has 1 aliphatic rings. The van der Waals surface area contributed by atoms with Crippen LogP contribution in [0.5, 0.6) is 0 Å². The zero-order chi connectivity index (χ0) is 12.0. The van der Waals surface area contributed by atoms with E-state index in [0.717, 1.165) is 32.4 Å². The first kappa shape index (κ1) is 17.2. The molecule has 1 fully saturated rings. The van der Waals surface area contributed by atoms with Gasteiger partial charge in [-0.2, -0.15) is 12.4 Å². The predicted molar refractivity (Wildman–Crippen MR) is 66.4 cm³/mol.